The molecule has 1 saturated heterocycles. The van der Waals surface area contributed by atoms with Crippen molar-refractivity contribution in [3.63, 3.8) is 0 Å². The van der Waals surface area contributed by atoms with Crippen molar-refractivity contribution in [1.82, 2.24) is 0 Å². The van der Waals surface area contributed by atoms with Gasteiger partial charge in [-0.05, 0) is 49.2 Å². The fourth-order valence-electron chi connectivity index (χ4n) is 2.38. The molecule has 1 amide bonds. The van der Waals surface area contributed by atoms with Gasteiger partial charge in [0.25, 0.3) is 5.91 Å². The molecule has 1 fully saturated rings. The third-order valence-corrected chi connectivity index (χ3v) is 3.58. The smallest absolute Gasteiger partial charge is 0.253 e. The number of ether oxygens (including phenoxy) is 1. The number of carbonyl (C=O) groups is 1. The summed E-state index contributed by atoms with van der Waals surface area (Å²) in [4.78, 5) is 11.9. The molecular weight excluding hydrogens is 302 g/mol. The summed E-state index contributed by atoms with van der Waals surface area (Å²) in [7, 11) is 0. The molecule has 0 aromatic heterocycles. The lowest BCUT2D eigenvalue weighted by Crippen LogP contribution is -2.26. The van der Waals surface area contributed by atoms with Crippen molar-refractivity contribution in [2.45, 2.75) is 18.9 Å². The number of nitrogens with one attached hydrogen (secondary N) is 2. The average molecular weight is 318 g/mol. The highest BCUT2D eigenvalue weighted by Crippen LogP contribution is 2.21. The molecule has 2 aromatic carbocycles. The molecule has 0 radical (unpaired) electrons. The highest BCUT2D eigenvalue weighted by molar-refractivity contribution is 5.94. The van der Waals surface area contributed by atoms with Gasteiger partial charge in [0.05, 0.1) is 0 Å². The molecule has 6 heteroatoms. The van der Waals surface area contributed by atoms with Crippen LogP contribution in [0.4, 0.5) is 25.8 Å². The summed E-state index contributed by atoms with van der Waals surface area (Å²) in [6, 6.07) is 10.5. The summed E-state index contributed by atoms with van der Waals surface area (Å²) in [6.07, 6.45) is 1.26. The Labute approximate surface area is 132 Å². The van der Waals surface area contributed by atoms with Crippen LogP contribution in [-0.2, 0) is 9.53 Å². The van der Waals surface area contributed by atoms with Gasteiger partial charge in [0.2, 0.25) is 0 Å². The molecule has 0 spiro atoms. The van der Waals surface area contributed by atoms with Crippen molar-refractivity contribution in [1.29, 1.82) is 0 Å². The van der Waals surface area contributed by atoms with E-state index in [4.69, 9.17) is 4.74 Å². The zero-order valence-electron chi connectivity index (χ0n) is 12.3. The van der Waals surface area contributed by atoms with E-state index in [1.165, 1.54) is 6.07 Å². The molecule has 1 aliphatic rings. The minimum atomic E-state index is -0.907. The molecule has 120 valence electrons. The maximum absolute atomic E-state index is 13.2. The lowest BCUT2D eigenvalue weighted by molar-refractivity contribution is -0.124. The summed E-state index contributed by atoms with van der Waals surface area (Å²) >= 11 is 0. The quantitative estimate of drug-likeness (QED) is 0.901. The number of amides is 1. The lowest BCUT2D eigenvalue weighted by Gasteiger charge is -2.11. The topological polar surface area (TPSA) is 50.4 Å². The lowest BCUT2D eigenvalue weighted by atomic mass is 10.2. The van der Waals surface area contributed by atoms with E-state index >= 15 is 0 Å². The van der Waals surface area contributed by atoms with Crippen molar-refractivity contribution >= 4 is 23.0 Å². The molecule has 3 rings (SSSR count). The van der Waals surface area contributed by atoms with Crippen LogP contribution in [0.2, 0.25) is 0 Å². The second-order valence-electron chi connectivity index (χ2n) is 5.32. The molecule has 2 aromatic rings. The van der Waals surface area contributed by atoms with Crippen LogP contribution in [0.15, 0.2) is 42.5 Å². The standard InChI is InChI=1S/C17H16F2N2O2/c18-14-8-7-13(10-15(14)19)20-11-3-5-12(6-4-11)21-17(22)16-2-1-9-23-16/h3-8,10,16,20H,1-2,9H2,(H,21,22). The first kappa shape index (κ1) is 15.4. The summed E-state index contributed by atoms with van der Waals surface area (Å²) in [5.41, 5.74) is 1.80. The van der Waals surface area contributed by atoms with E-state index in [-0.39, 0.29) is 12.0 Å². The fourth-order valence-corrected chi connectivity index (χ4v) is 2.38. The Kier molecular flexibility index (Phi) is 4.52. The third-order valence-electron chi connectivity index (χ3n) is 3.58. The van der Waals surface area contributed by atoms with Gasteiger partial charge in [-0.15, -0.1) is 0 Å². The van der Waals surface area contributed by atoms with E-state index < -0.39 is 11.6 Å². The predicted molar refractivity (Wildman–Crippen MR) is 83.7 cm³/mol. The van der Waals surface area contributed by atoms with E-state index in [2.05, 4.69) is 10.6 Å². The van der Waals surface area contributed by atoms with E-state index in [9.17, 15) is 13.6 Å². The van der Waals surface area contributed by atoms with Crippen LogP contribution in [0.1, 0.15) is 12.8 Å². The van der Waals surface area contributed by atoms with Crippen molar-refractivity contribution in [3.05, 3.63) is 54.1 Å². The summed E-state index contributed by atoms with van der Waals surface area (Å²) in [6.45, 7) is 0.620. The maximum atomic E-state index is 13.2. The van der Waals surface area contributed by atoms with Gasteiger partial charge in [-0.3, -0.25) is 4.79 Å². The van der Waals surface area contributed by atoms with Crippen molar-refractivity contribution in [2.75, 3.05) is 17.2 Å². The van der Waals surface area contributed by atoms with Crippen molar-refractivity contribution in [3.8, 4) is 0 Å². The molecule has 4 nitrogen and oxygen atoms in total. The van der Waals surface area contributed by atoms with Crippen LogP contribution in [-0.4, -0.2) is 18.6 Å². The first-order valence-electron chi connectivity index (χ1n) is 7.36. The highest BCUT2D eigenvalue weighted by atomic mass is 19.2. The Bertz CT molecular complexity index is 698. The minimum absolute atomic E-state index is 0.149. The molecule has 0 bridgehead atoms. The van der Waals surface area contributed by atoms with Gasteiger partial charge in [-0.1, -0.05) is 0 Å². The second-order valence-corrected chi connectivity index (χ2v) is 5.32. The molecule has 1 unspecified atom stereocenters. The second kappa shape index (κ2) is 6.75. The Morgan fingerprint density at radius 2 is 1.70 bits per heavy atom. The number of benzene rings is 2. The van der Waals surface area contributed by atoms with Gasteiger partial charge in [-0.25, -0.2) is 8.78 Å². The highest BCUT2D eigenvalue weighted by Gasteiger charge is 2.23. The van der Waals surface area contributed by atoms with Crippen LogP contribution in [0.5, 0.6) is 0 Å². The van der Waals surface area contributed by atoms with Crippen molar-refractivity contribution < 1.29 is 18.3 Å². The van der Waals surface area contributed by atoms with Gasteiger partial charge >= 0.3 is 0 Å². The van der Waals surface area contributed by atoms with E-state index in [1.54, 1.807) is 24.3 Å². The molecular formula is C17H16F2N2O2. The van der Waals surface area contributed by atoms with E-state index in [0.29, 0.717) is 23.7 Å². The molecule has 1 atom stereocenters. The van der Waals surface area contributed by atoms with Gasteiger partial charge in [-0.2, -0.15) is 0 Å². The van der Waals surface area contributed by atoms with Crippen molar-refractivity contribution in [2.24, 2.45) is 0 Å². The first-order valence-corrected chi connectivity index (χ1v) is 7.36. The molecule has 1 heterocycles. The normalized spacial score (nSPS) is 17.0. The largest absolute Gasteiger partial charge is 0.368 e. The third kappa shape index (κ3) is 3.84. The molecule has 2 N–H and O–H groups in total. The van der Waals surface area contributed by atoms with Gasteiger partial charge in [0, 0.05) is 29.7 Å². The number of rotatable bonds is 4. The number of carbonyl (C=O) groups excluding carboxylic acids is 1. The number of halogens is 2. The number of hydrogen-bond acceptors (Lipinski definition) is 3. The Hall–Kier alpha value is -2.47. The summed E-state index contributed by atoms with van der Waals surface area (Å²) in [5, 5.41) is 5.75. The van der Waals surface area contributed by atoms with Crippen LogP contribution in [0, 0.1) is 11.6 Å². The maximum Gasteiger partial charge on any atom is 0.253 e. The Morgan fingerprint density at radius 3 is 2.35 bits per heavy atom. The summed E-state index contributed by atoms with van der Waals surface area (Å²) in [5.74, 6) is -1.94. The van der Waals surface area contributed by atoms with Crippen LogP contribution >= 0.6 is 0 Å². The SMILES string of the molecule is O=C(Nc1ccc(Nc2ccc(F)c(F)c2)cc1)C1CCCO1. The van der Waals surface area contributed by atoms with Gasteiger partial charge in [0.1, 0.15) is 6.10 Å². The molecule has 0 saturated carbocycles. The zero-order chi connectivity index (χ0) is 16.2. The zero-order valence-corrected chi connectivity index (χ0v) is 12.3. The minimum Gasteiger partial charge on any atom is -0.368 e. The van der Waals surface area contributed by atoms with Gasteiger partial charge in [0.15, 0.2) is 11.6 Å². The van der Waals surface area contributed by atoms with Crippen LogP contribution < -0.4 is 10.6 Å². The monoisotopic (exact) mass is 318 g/mol. The first-order chi connectivity index (χ1) is 11.1. The number of hydrogen-bond donors (Lipinski definition) is 2. The van der Waals surface area contributed by atoms with Gasteiger partial charge < -0.3 is 15.4 Å². The fraction of sp³-hybridized carbons (Fsp3) is 0.235. The van der Waals surface area contributed by atoms with E-state index in [1.807, 2.05) is 0 Å². The number of anilines is 3. The predicted octanol–water partition coefficient (Wildman–Crippen LogP) is 3.83. The molecule has 23 heavy (non-hydrogen) atoms. The Morgan fingerprint density at radius 1 is 1.00 bits per heavy atom. The summed E-state index contributed by atoms with van der Waals surface area (Å²) < 4.78 is 31.4. The molecule has 0 aliphatic carbocycles. The van der Waals surface area contributed by atoms with Crippen LogP contribution in [0.25, 0.3) is 0 Å². The van der Waals surface area contributed by atoms with E-state index in [0.717, 1.165) is 25.0 Å². The molecule has 1 aliphatic heterocycles. The van der Waals surface area contributed by atoms with Crippen LogP contribution in [0.3, 0.4) is 0 Å². The average Bonchev–Trinajstić information content (AvgIpc) is 3.07. The Balaban J connectivity index is 1.62.